The Labute approximate surface area is 184 Å². The smallest absolute Gasteiger partial charge is 0.261 e. The van der Waals surface area contributed by atoms with Crippen LogP contribution < -0.4 is 0 Å². The molecular weight excluding hydrogens is 435 g/mol. The van der Waals surface area contributed by atoms with Gasteiger partial charge in [0, 0.05) is 26.1 Å². The van der Waals surface area contributed by atoms with Gasteiger partial charge in [0.1, 0.15) is 0 Å². The fourth-order valence-corrected chi connectivity index (χ4v) is 3.99. The van der Waals surface area contributed by atoms with E-state index in [4.69, 9.17) is 27.8 Å². The van der Waals surface area contributed by atoms with Crippen LogP contribution in [0.2, 0.25) is 10.0 Å². The van der Waals surface area contributed by atoms with Crippen LogP contribution >= 0.6 is 23.2 Å². The molecule has 1 aliphatic heterocycles. The SMILES string of the molecule is CC(=O)N(C)[C@@H]1CCCC[C@H]1N1CCCC1.CS(=O)(=O)O.Clc1ccccc1Cl. The maximum Gasteiger partial charge on any atom is 0.261 e. The number of hydrogen-bond donors (Lipinski definition) is 1. The first-order valence-corrected chi connectivity index (χ1v) is 12.4. The zero-order valence-electron chi connectivity index (χ0n) is 17.4. The minimum absolute atomic E-state index is 0.219. The first kappa shape index (κ1) is 26.2. The van der Waals surface area contributed by atoms with E-state index in [1.165, 1.54) is 51.6 Å². The number of likely N-dealkylation sites (tertiary alicyclic amines) is 1. The van der Waals surface area contributed by atoms with Crippen molar-refractivity contribution in [3.05, 3.63) is 34.3 Å². The van der Waals surface area contributed by atoms with Gasteiger partial charge in [0.25, 0.3) is 10.1 Å². The zero-order valence-corrected chi connectivity index (χ0v) is 19.7. The van der Waals surface area contributed by atoms with E-state index in [2.05, 4.69) is 4.90 Å². The molecule has 0 spiro atoms. The highest BCUT2D eigenvalue weighted by molar-refractivity contribution is 7.85. The number of carbonyl (C=O) groups is 1. The van der Waals surface area contributed by atoms with Crippen molar-refractivity contribution in [1.29, 1.82) is 0 Å². The minimum atomic E-state index is -3.67. The molecule has 0 aromatic heterocycles. The Bertz CT molecular complexity index is 711. The van der Waals surface area contributed by atoms with Crippen LogP contribution in [0.5, 0.6) is 0 Å². The predicted octanol–water partition coefficient (Wildman–Crippen LogP) is 4.37. The molecule has 1 aromatic rings. The first-order valence-electron chi connectivity index (χ1n) is 9.80. The number of rotatable bonds is 2. The fraction of sp³-hybridized carbons (Fsp3) is 0.650. The summed E-state index contributed by atoms with van der Waals surface area (Å²) in [5.74, 6) is 0.219. The predicted molar refractivity (Wildman–Crippen MR) is 119 cm³/mol. The number of benzene rings is 1. The third kappa shape index (κ3) is 10.6. The van der Waals surface area contributed by atoms with E-state index >= 15 is 0 Å². The summed E-state index contributed by atoms with van der Waals surface area (Å²) in [6.07, 6.45) is 8.49. The summed E-state index contributed by atoms with van der Waals surface area (Å²) < 4.78 is 25.9. The largest absolute Gasteiger partial charge is 0.341 e. The Kier molecular flexibility index (Phi) is 11.5. The van der Waals surface area contributed by atoms with Crippen LogP contribution in [0.3, 0.4) is 0 Å². The molecule has 0 bridgehead atoms. The summed E-state index contributed by atoms with van der Waals surface area (Å²) in [7, 11) is -1.69. The molecule has 1 saturated carbocycles. The Hall–Kier alpha value is -0.860. The second-order valence-corrected chi connectivity index (χ2v) is 9.72. The Morgan fingerprint density at radius 1 is 1.07 bits per heavy atom. The first-order chi connectivity index (χ1) is 13.5. The lowest BCUT2D eigenvalue weighted by Gasteiger charge is -2.42. The summed E-state index contributed by atoms with van der Waals surface area (Å²) in [5, 5.41) is 1.21. The second-order valence-electron chi connectivity index (χ2n) is 7.44. The monoisotopic (exact) mass is 466 g/mol. The van der Waals surface area contributed by atoms with E-state index in [0.29, 0.717) is 28.4 Å². The normalized spacial score (nSPS) is 22.0. The van der Waals surface area contributed by atoms with Crippen LogP contribution in [-0.4, -0.2) is 67.2 Å². The summed E-state index contributed by atoms with van der Waals surface area (Å²) in [6, 6.07) is 8.28. The van der Waals surface area contributed by atoms with E-state index in [9.17, 15) is 13.2 Å². The molecule has 3 rings (SSSR count). The third-order valence-electron chi connectivity index (χ3n) is 5.12. The molecule has 1 saturated heterocycles. The Morgan fingerprint density at radius 2 is 1.52 bits per heavy atom. The number of hydrogen-bond acceptors (Lipinski definition) is 4. The molecule has 0 radical (unpaired) electrons. The van der Waals surface area contributed by atoms with Crippen LogP contribution in [0, 0.1) is 0 Å². The number of nitrogens with zero attached hydrogens (tertiary/aromatic N) is 2. The Morgan fingerprint density at radius 3 is 1.93 bits per heavy atom. The molecule has 9 heteroatoms. The third-order valence-corrected chi connectivity index (χ3v) is 5.88. The molecular formula is C20H32Cl2N2O4S. The molecule has 1 aromatic carbocycles. The summed E-state index contributed by atoms with van der Waals surface area (Å²) in [4.78, 5) is 16.1. The van der Waals surface area contributed by atoms with Crippen molar-refractivity contribution in [3.8, 4) is 0 Å². The molecule has 1 amide bonds. The molecule has 29 heavy (non-hydrogen) atoms. The van der Waals surface area contributed by atoms with E-state index in [0.717, 1.165) is 0 Å². The van der Waals surface area contributed by atoms with E-state index in [-0.39, 0.29) is 5.91 Å². The molecule has 1 aliphatic carbocycles. The van der Waals surface area contributed by atoms with Crippen LogP contribution in [0.4, 0.5) is 0 Å². The van der Waals surface area contributed by atoms with Crippen molar-refractivity contribution >= 4 is 39.2 Å². The van der Waals surface area contributed by atoms with Crippen molar-refractivity contribution < 1.29 is 17.8 Å². The highest BCUT2D eigenvalue weighted by Crippen LogP contribution is 2.29. The lowest BCUT2D eigenvalue weighted by Crippen LogP contribution is -2.52. The van der Waals surface area contributed by atoms with Crippen LogP contribution in [0.25, 0.3) is 0 Å². The highest BCUT2D eigenvalue weighted by Gasteiger charge is 2.34. The van der Waals surface area contributed by atoms with E-state index < -0.39 is 10.1 Å². The molecule has 2 aliphatic rings. The van der Waals surface area contributed by atoms with Gasteiger partial charge in [-0.05, 0) is 50.9 Å². The maximum absolute atomic E-state index is 11.5. The van der Waals surface area contributed by atoms with Crippen molar-refractivity contribution in [1.82, 2.24) is 9.80 Å². The number of likely N-dealkylation sites (N-methyl/N-ethyl adjacent to an activating group) is 1. The van der Waals surface area contributed by atoms with Crippen molar-refractivity contribution in [3.63, 3.8) is 0 Å². The average molecular weight is 467 g/mol. The standard InChI is InChI=1S/C13H24N2O.C6H4Cl2.CH4O3S/c1-11(16)14(2)12-7-3-4-8-13(12)15-9-5-6-10-15;7-5-3-1-2-4-6(5)8;1-5(2,3)4/h12-13H,3-10H2,1-2H3;1-4H;1H3,(H,2,3,4)/t12-,13-;;/m1../s1. The average Bonchev–Trinajstić information content (AvgIpc) is 3.17. The number of halogens is 2. The zero-order chi connectivity index (χ0) is 22.0. The minimum Gasteiger partial charge on any atom is -0.341 e. The molecule has 2 atom stereocenters. The van der Waals surface area contributed by atoms with Gasteiger partial charge in [-0.15, -0.1) is 0 Å². The van der Waals surface area contributed by atoms with Gasteiger partial charge >= 0.3 is 0 Å². The van der Waals surface area contributed by atoms with Crippen molar-refractivity contribution in [2.24, 2.45) is 0 Å². The van der Waals surface area contributed by atoms with Gasteiger partial charge < -0.3 is 4.90 Å². The lowest BCUT2D eigenvalue weighted by atomic mass is 9.88. The number of amides is 1. The van der Waals surface area contributed by atoms with Gasteiger partial charge in [-0.3, -0.25) is 14.2 Å². The molecule has 6 nitrogen and oxygen atoms in total. The summed E-state index contributed by atoms with van der Waals surface area (Å²) in [5.41, 5.74) is 0. The Balaban J connectivity index is 0.000000269. The van der Waals surface area contributed by atoms with Crippen LogP contribution in [0.1, 0.15) is 45.4 Å². The molecule has 1 N–H and O–H groups in total. The van der Waals surface area contributed by atoms with Crippen LogP contribution in [0.15, 0.2) is 24.3 Å². The maximum atomic E-state index is 11.5. The summed E-state index contributed by atoms with van der Waals surface area (Å²) in [6.45, 7) is 4.18. The van der Waals surface area contributed by atoms with Gasteiger partial charge in [0.2, 0.25) is 5.91 Å². The quantitative estimate of drug-likeness (QED) is 0.654. The fourth-order valence-electron chi connectivity index (χ4n) is 3.72. The van der Waals surface area contributed by atoms with Crippen LogP contribution in [-0.2, 0) is 14.9 Å². The molecule has 0 unspecified atom stereocenters. The highest BCUT2D eigenvalue weighted by atomic mass is 35.5. The second kappa shape index (κ2) is 12.7. The van der Waals surface area contributed by atoms with Crippen molar-refractivity contribution in [2.75, 3.05) is 26.4 Å². The van der Waals surface area contributed by atoms with Gasteiger partial charge in [-0.1, -0.05) is 48.2 Å². The molecule has 166 valence electrons. The van der Waals surface area contributed by atoms with Gasteiger partial charge in [-0.2, -0.15) is 8.42 Å². The lowest BCUT2D eigenvalue weighted by molar-refractivity contribution is -0.131. The topological polar surface area (TPSA) is 77.9 Å². The van der Waals surface area contributed by atoms with Crippen molar-refractivity contribution in [2.45, 2.75) is 57.5 Å². The number of carbonyl (C=O) groups excluding carboxylic acids is 1. The molecule has 2 fully saturated rings. The van der Waals surface area contributed by atoms with Gasteiger partial charge in [-0.25, -0.2) is 0 Å². The van der Waals surface area contributed by atoms with Gasteiger partial charge in [0.05, 0.1) is 16.3 Å². The molecule has 1 heterocycles. The van der Waals surface area contributed by atoms with Gasteiger partial charge in [0.15, 0.2) is 0 Å². The van der Waals surface area contributed by atoms with E-state index in [1.807, 2.05) is 24.1 Å². The van der Waals surface area contributed by atoms with E-state index in [1.54, 1.807) is 19.1 Å². The summed E-state index contributed by atoms with van der Waals surface area (Å²) >= 11 is 11.2.